The summed E-state index contributed by atoms with van der Waals surface area (Å²) in [5.41, 5.74) is 4.82. The van der Waals surface area contributed by atoms with Crippen molar-refractivity contribution in [2.45, 2.75) is 13.5 Å². The smallest absolute Gasteiger partial charge is 0.262 e. The van der Waals surface area contributed by atoms with E-state index in [1.165, 1.54) is 4.90 Å². The van der Waals surface area contributed by atoms with E-state index in [9.17, 15) is 9.59 Å². The SMILES string of the molecule is Cc1cc2c(c3c1[nH]c1ccccc13)C(=O)N(Cc1ccccc1)C2=O. The Morgan fingerprint density at radius 1 is 0.923 bits per heavy atom. The number of carbonyl (C=O) groups excluding carboxylic acids is 2. The summed E-state index contributed by atoms with van der Waals surface area (Å²) in [6, 6.07) is 19.3. The van der Waals surface area contributed by atoms with E-state index in [1.807, 2.05) is 67.6 Å². The summed E-state index contributed by atoms with van der Waals surface area (Å²) in [4.78, 5) is 30.9. The number of aryl methyl sites for hydroxylation is 1. The number of rotatable bonds is 2. The second-order valence-corrected chi connectivity index (χ2v) is 6.72. The number of nitrogens with one attached hydrogen (secondary N) is 1. The van der Waals surface area contributed by atoms with Gasteiger partial charge in [-0.3, -0.25) is 14.5 Å². The van der Waals surface area contributed by atoms with Crippen LogP contribution in [-0.2, 0) is 6.54 Å². The molecule has 4 aromatic rings. The lowest BCUT2D eigenvalue weighted by Gasteiger charge is -2.13. The maximum atomic E-state index is 13.2. The van der Waals surface area contributed by atoms with Gasteiger partial charge in [-0.25, -0.2) is 0 Å². The monoisotopic (exact) mass is 340 g/mol. The molecule has 1 N–H and O–H groups in total. The molecule has 1 aliphatic heterocycles. The molecular weight excluding hydrogens is 324 g/mol. The minimum Gasteiger partial charge on any atom is -0.354 e. The zero-order chi connectivity index (χ0) is 17.8. The topological polar surface area (TPSA) is 53.2 Å². The molecule has 0 fully saturated rings. The second kappa shape index (κ2) is 5.30. The molecule has 1 aromatic heterocycles. The van der Waals surface area contributed by atoms with Crippen LogP contribution in [0, 0.1) is 6.92 Å². The van der Waals surface area contributed by atoms with Gasteiger partial charge in [0.15, 0.2) is 0 Å². The molecule has 126 valence electrons. The van der Waals surface area contributed by atoms with Crippen molar-refractivity contribution in [2.24, 2.45) is 0 Å². The number of carbonyl (C=O) groups is 2. The van der Waals surface area contributed by atoms with Gasteiger partial charge in [-0.1, -0.05) is 48.5 Å². The Hall–Kier alpha value is -3.40. The fourth-order valence-corrected chi connectivity index (χ4v) is 3.87. The number of fused-ring (bicyclic) bond motifs is 5. The van der Waals surface area contributed by atoms with E-state index < -0.39 is 0 Å². The van der Waals surface area contributed by atoms with Gasteiger partial charge in [0, 0.05) is 16.3 Å². The Labute approximate surface area is 150 Å². The first-order valence-electron chi connectivity index (χ1n) is 8.59. The van der Waals surface area contributed by atoms with Gasteiger partial charge in [-0.15, -0.1) is 0 Å². The van der Waals surface area contributed by atoms with E-state index in [2.05, 4.69) is 4.98 Å². The Morgan fingerprint density at radius 2 is 1.65 bits per heavy atom. The normalized spacial score (nSPS) is 13.8. The maximum absolute atomic E-state index is 13.2. The van der Waals surface area contributed by atoms with E-state index in [0.29, 0.717) is 11.1 Å². The number of imide groups is 1. The average molecular weight is 340 g/mol. The number of hydrogen-bond acceptors (Lipinski definition) is 2. The highest BCUT2D eigenvalue weighted by Gasteiger charge is 2.38. The Morgan fingerprint density at radius 3 is 2.46 bits per heavy atom. The third-order valence-electron chi connectivity index (χ3n) is 5.10. The van der Waals surface area contributed by atoms with Gasteiger partial charge in [-0.2, -0.15) is 0 Å². The number of H-pyrrole nitrogens is 1. The second-order valence-electron chi connectivity index (χ2n) is 6.72. The average Bonchev–Trinajstić information content (AvgIpc) is 3.15. The number of amides is 2. The van der Waals surface area contributed by atoms with Crippen LogP contribution < -0.4 is 0 Å². The van der Waals surface area contributed by atoms with E-state index in [0.717, 1.165) is 32.9 Å². The van der Waals surface area contributed by atoms with Gasteiger partial charge in [-0.05, 0) is 30.2 Å². The van der Waals surface area contributed by atoms with Crippen LogP contribution in [0.1, 0.15) is 31.8 Å². The van der Waals surface area contributed by atoms with Crippen LogP contribution in [0.2, 0.25) is 0 Å². The molecule has 5 rings (SSSR count). The van der Waals surface area contributed by atoms with Crippen LogP contribution >= 0.6 is 0 Å². The zero-order valence-corrected chi connectivity index (χ0v) is 14.2. The molecule has 4 heteroatoms. The number of aromatic amines is 1. The van der Waals surface area contributed by atoms with Crippen molar-refractivity contribution in [3.8, 4) is 0 Å². The van der Waals surface area contributed by atoms with Crippen molar-refractivity contribution in [1.82, 2.24) is 9.88 Å². The molecule has 26 heavy (non-hydrogen) atoms. The summed E-state index contributed by atoms with van der Waals surface area (Å²) >= 11 is 0. The highest BCUT2D eigenvalue weighted by Crippen LogP contribution is 2.37. The molecule has 0 saturated carbocycles. The quantitative estimate of drug-likeness (QED) is 0.549. The largest absolute Gasteiger partial charge is 0.354 e. The highest BCUT2D eigenvalue weighted by atomic mass is 16.2. The van der Waals surface area contributed by atoms with Crippen molar-refractivity contribution in [2.75, 3.05) is 0 Å². The third kappa shape index (κ3) is 1.96. The van der Waals surface area contributed by atoms with Gasteiger partial charge in [0.1, 0.15) is 0 Å². The molecule has 0 radical (unpaired) electrons. The van der Waals surface area contributed by atoms with Gasteiger partial charge < -0.3 is 4.98 Å². The lowest BCUT2D eigenvalue weighted by atomic mass is 9.99. The molecule has 2 heterocycles. The van der Waals surface area contributed by atoms with Crippen molar-refractivity contribution in [3.63, 3.8) is 0 Å². The Bertz CT molecular complexity index is 1210. The third-order valence-corrected chi connectivity index (χ3v) is 5.10. The number of para-hydroxylation sites is 1. The fourth-order valence-electron chi connectivity index (χ4n) is 3.87. The minimum absolute atomic E-state index is 0.218. The Balaban J connectivity index is 1.74. The molecule has 0 bridgehead atoms. The Kier molecular flexibility index (Phi) is 3.04. The van der Waals surface area contributed by atoms with Crippen LogP contribution in [-0.4, -0.2) is 21.7 Å². The molecule has 1 aliphatic rings. The minimum atomic E-state index is -0.219. The summed E-state index contributed by atoms with van der Waals surface area (Å²) < 4.78 is 0. The van der Waals surface area contributed by atoms with Gasteiger partial charge >= 0.3 is 0 Å². The summed E-state index contributed by atoms with van der Waals surface area (Å²) in [5.74, 6) is -0.437. The first-order chi connectivity index (χ1) is 12.6. The van der Waals surface area contributed by atoms with Crippen molar-refractivity contribution in [3.05, 3.63) is 82.9 Å². The van der Waals surface area contributed by atoms with Crippen LogP contribution in [0.5, 0.6) is 0 Å². The first-order valence-corrected chi connectivity index (χ1v) is 8.59. The number of hydrogen-bond donors (Lipinski definition) is 1. The molecule has 0 aliphatic carbocycles. The summed E-state index contributed by atoms with van der Waals surface area (Å²) in [7, 11) is 0. The molecule has 0 atom stereocenters. The number of nitrogens with zero attached hydrogens (tertiary/aromatic N) is 1. The number of benzene rings is 3. The van der Waals surface area contributed by atoms with Crippen molar-refractivity contribution < 1.29 is 9.59 Å². The van der Waals surface area contributed by atoms with Crippen LogP contribution in [0.15, 0.2) is 60.7 Å². The van der Waals surface area contributed by atoms with E-state index in [-0.39, 0.29) is 18.4 Å². The van der Waals surface area contributed by atoms with Gasteiger partial charge in [0.25, 0.3) is 11.8 Å². The standard InChI is InChI=1S/C22H16N2O2/c1-13-11-16-19(18-15-9-5-6-10-17(15)23-20(13)18)22(26)24(21(16)25)12-14-7-3-2-4-8-14/h2-11,23H,12H2,1H3. The zero-order valence-electron chi connectivity index (χ0n) is 14.2. The van der Waals surface area contributed by atoms with Gasteiger partial charge in [0.05, 0.1) is 23.2 Å². The highest BCUT2D eigenvalue weighted by molar-refractivity contribution is 6.30. The maximum Gasteiger partial charge on any atom is 0.262 e. The van der Waals surface area contributed by atoms with Gasteiger partial charge in [0.2, 0.25) is 0 Å². The molecule has 3 aromatic carbocycles. The van der Waals surface area contributed by atoms with E-state index in [1.54, 1.807) is 0 Å². The molecule has 0 spiro atoms. The van der Waals surface area contributed by atoms with Crippen LogP contribution in [0.25, 0.3) is 21.8 Å². The number of aromatic nitrogens is 1. The predicted molar refractivity (Wildman–Crippen MR) is 101 cm³/mol. The summed E-state index contributed by atoms with van der Waals surface area (Å²) in [6.07, 6.45) is 0. The van der Waals surface area contributed by atoms with Crippen LogP contribution in [0.3, 0.4) is 0 Å². The van der Waals surface area contributed by atoms with E-state index >= 15 is 0 Å². The predicted octanol–water partition coefficient (Wildman–Crippen LogP) is 4.43. The molecule has 0 unspecified atom stereocenters. The molecular formula is C22H16N2O2. The van der Waals surface area contributed by atoms with Crippen molar-refractivity contribution in [1.29, 1.82) is 0 Å². The van der Waals surface area contributed by atoms with Crippen LogP contribution in [0.4, 0.5) is 0 Å². The molecule has 4 nitrogen and oxygen atoms in total. The van der Waals surface area contributed by atoms with Crippen molar-refractivity contribution >= 4 is 33.6 Å². The lowest BCUT2D eigenvalue weighted by molar-refractivity contribution is 0.0643. The molecule has 0 saturated heterocycles. The first kappa shape index (κ1) is 14.9. The lowest BCUT2D eigenvalue weighted by Crippen LogP contribution is -2.29. The summed E-state index contributed by atoms with van der Waals surface area (Å²) in [5, 5.41) is 1.83. The van der Waals surface area contributed by atoms with E-state index in [4.69, 9.17) is 0 Å². The summed E-state index contributed by atoms with van der Waals surface area (Å²) in [6.45, 7) is 2.26. The molecule has 2 amide bonds. The fraction of sp³-hybridized carbons (Fsp3) is 0.0909.